The van der Waals surface area contributed by atoms with Gasteiger partial charge in [0, 0.05) is 98.4 Å². The molecule has 4 saturated heterocycles. The molecule has 6 heterocycles. The number of anilines is 1. The second kappa shape index (κ2) is 13.5. The number of aryl methyl sites for hydroxylation is 1. The third-order valence-electron chi connectivity index (χ3n) is 14.3. The van der Waals surface area contributed by atoms with Crippen molar-refractivity contribution in [1.82, 2.24) is 29.5 Å². The molecule has 2 aliphatic carbocycles. The number of aromatic nitrogens is 4. The first-order valence-electron chi connectivity index (χ1n) is 20.9. The standard InChI is InChI=1S/C45H49F2N7O4/c1-4-32-35(46)8-5-27-15-31(55)16-33(36(27)32)37-39(47)41-38(34-19-51(2)50-40(34)37)42(54-28-6-7-29(54)18-53(17-28)30-13-26(14-30)20-56-3)49-43(48-41)58-25-44(9-10-44)21-52-12-11-45(22-52)23-57-24-45/h1,5,8,15-16,19,26,28-30,55H,6-7,9-14,17-18,20-25H2,2-3H3. The number of ether oxygens (including phenoxy) is 3. The van der Waals surface area contributed by atoms with E-state index in [1.165, 1.54) is 24.6 Å². The highest BCUT2D eigenvalue weighted by Gasteiger charge is 2.51. The van der Waals surface area contributed by atoms with Crippen molar-refractivity contribution in [3.05, 3.63) is 47.7 Å². The number of rotatable bonds is 10. The summed E-state index contributed by atoms with van der Waals surface area (Å²) >= 11 is 0. The van der Waals surface area contributed by atoms with Crippen molar-refractivity contribution in [2.75, 3.05) is 71.2 Å². The van der Waals surface area contributed by atoms with E-state index in [0.717, 1.165) is 91.1 Å². The van der Waals surface area contributed by atoms with Crippen molar-refractivity contribution in [3.63, 3.8) is 0 Å². The second-order valence-corrected chi connectivity index (χ2v) is 18.4. The number of fused-ring (bicyclic) bond motifs is 6. The van der Waals surface area contributed by atoms with Gasteiger partial charge in [0.1, 0.15) is 28.4 Å². The van der Waals surface area contributed by atoms with Crippen molar-refractivity contribution in [1.29, 1.82) is 0 Å². The lowest BCUT2D eigenvalue weighted by Crippen LogP contribution is -2.59. The van der Waals surface area contributed by atoms with Crippen molar-refractivity contribution < 1.29 is 28.1 Å². The molecule has 2 atom stereocenters. The summed E-state index contributed by atoms with van der Waals surface area (Å²) in [4.78, 5) is 17.8. The van der Waals surface area contributed by atoms with Crippen LogP contribution >= 0.6 is 0 Å². The van der Waals surface area contributed by atoms with E-state index in [0.29, 0.717) is 56.9 Å². The van der Waals surface area contributed by atoms with E-state index >= 15 is 8.78 Å². The van der Waals surface area contributed by atoms with Crippen LogP contribution in [-0.4, -0.2) is 119 Å². The number of phenolic OH excluding ortho intramolecular Hbond substituents is 1. The Hall–Kier alpha value is -4.61. The molecule has 3 aromatic carbocycles. The van der Waals surface area contributed by atoms with E-state index in [1.807, 2.05) is 6.20 Å². The maximum Gasteiger partial charge on any atom is 0.319 e. The van der Waals surface area contributed by atoms with E-state index in [4.69, 9.17) is 35.7 Å². The molecule has 58 heavy (non-hydrogen) atoms. The number of methoxy groups -OCH3 is 1. The SMILES string of the molecule is C#Cc1c(F)ccc2cc(O)cc(-c3c(F)c4nc(OCC5(CN6CCC7(COC7)C6)CC5)nc(N5C6CCC5CN(C5CC(COC)C5)C6)c4c4cn(C)nc34)c12. The lowest BCUT2D eigenvalue weighted by Gasteiger charge is -2.49. The number of piperazine rings is 1. The largest absolute Gasteiger partial charge is 0.508 e. The minimum Gasteiger partial charge on any atom is -0.508 e. The Morgan fingerprint density at radius 1 is 1.02 bits per heavy atom. The van der Waals surface area contributed by atoms with Crippen molar-refractivity contribution in [2.45, 2.75) is 63.1 Å². The number of nitrogens with zero attached hydrogens (tertiary/aromatic N) is 7. The van der Waals surface area contributed by atoms with Gasteiger partial charge in [-0.05, 0) is 86.6 Å². The number of aromatic hydroxyl groups is 1. The molecule has 11 nitrogen and oxygen atoms in total. The van der Waals surface area contributed by atoms with Gasteiger partial charge in [0.25, 0.3) is 0 Å². The average molecular weight is 790 g/mol. The van der Waals surface area contributed by atoms with Gasteiger partial charge in [-0.15, -0.1) is 6.42 Å². The number of phenols is 1. The summed E-state index contributed by atoms with van der Waals surface area (Å²) in [5.74, 6) is 2.39. The van der Waals surface area contributed by atoms with Gasteiger partial charge in [0.05, 0.1) is 30.8 Å². The van der Waals surface area contributed by atoms with Crippen molar-refractivity contribution >= 4 is 38.4 Å². The Labute approximate surface area is 336 Å². The van der Waals surface area contributed by atoms with E-state index in [2.05, 4.69) is 20.6 Å². The Morgan fingerprint density at radius 3 is 2.50 bits per heavy atom. The van der Waals surface area contributed by atoms with Gasteiger partial charge < -0.3 is 29.1 Å². The minimum absolute atomic E-state index is 0.00406. The highest BCUT2D eigenvalue weighted by Crippen LogP contribution is 2.50. The molecule has 11 rings (SSSR count). The van der Waals surface area contributed by atoms with E-state index in [-0.39, 0.29) is 51.5 Å². The Balaban J connectivity index is 1.03. The van der Waals surface area contributed by atoms with Gasteiger partial charge in [-0.25, -0.2) is 8.78 Å². The zero-order valence-corrected chi connectivity index (χ0v) is 33.1. The van der Waals surface area contributed by atoms with E-state index < -0.39 is 11.6 Å². The smallest absolute Gasteiger partial charge is 0.319 e. The maximum absolute atomic E-state index is 17.9. The van der Waals surface area contributed by atoms with Gasteiger partial charge in [-0.2, -0.15) is 15.1 Å². The van der Waals surface area contributed by atoms with Crippen LogP contribution in [0.5, 0.6) is 11.8 Å². The van der Waals surface area contributed by atoms with Gasteiger partial charge >= 0.3 is 6.01 Å². The van der Waals surface area contributed by atoms with Crippen LogP contribution in [0, 0.1) is 40.7 Å². The highest BCUT2D eigenvalue weighted by atomic mass is 19.1. The topological polar surface area (TPSA) is 101 Å². The quantitative estimate of drug-likeness (QED) is 0.163. The molecule has 2 saturated carbocycles. The first-order valence-corrected chi connectivity index (χ1v) is 20.9. The summed E-state index contributed by atoms with van der Waals surface area (Å²) in [7, 11) is 3.57. The molecule has 2 unspecified atom stereocenters. The number of hydrogen-bond acceptors (Lipinski definition) is 10. The molecule has 2 aromatic heterocycles. The third-order valence-corrected chi connectivity index (χ3v) is 14.3. The zero-order valence-electron chi connectivity index (χ0n) is 33.1. The number of terminal acetylenes is 1. The van der Waals surface area contributed by atoms with E-state index in [1.54, 1.807) is 24.9 Å². The number of hydrogen-bond donors (Lipinski definition) is 1. The van der Waals surface area contributed by atoms with Crippen LogP contribution < -0.4 is 9.64 Å². The molecule has 13 heteroatoms. The Morgan fingerprint density at radius 2 is 1.81 bits per heavy atom. The van der Waals surface area contributed by atoms with Crippen LogP contribution in [0.25, 0.3) is 43.7 Å². The molecule has 1 N–H and O–H groups in total. The average Bonchev–Trinajstić information content (AvgIpc) is 3.47. The fourth-order valence-electron chi connectivity index (χ4n) is 11.1. The second-order valence-electron chi connectivity index (χ2n) is 18.4. The third kappa shape index (κ3) is 5.85. The van der Waals surface area contributed by atoms with Gasteiger partial charge in [0.2, 0.25) is 0 Å². The number of likely N-dealkylation sites (tertiary alicyclic amines) is 2. The van der Waals surface area contributed by atoms with Crippen LogP contribution in [0.15, 0.2) is 30.5 Å². The Bertz CT molecular complexity index is 2510. The summed E-state index contributed by atoms with van der Waals surface area (Å²) in [5.41, 5.74) is 1.08. The molecule has 1 spiro atoms. The van der Waals surface area contributed by atoms with Crippen LogP contribution in [0.4, 0.5) is 14.6 Å². The lowest BCUT2D eigenvalue weighted by atomic mass is 9.79. The molecule has 2 bridgehead atoms. The monoisotopic (exact) mass is 789 g/mol. The summed E-state index contributed by atoms with van der Waals surface area (Å²) < 4.78 is 52.6. The molecule has 4 aliphatic heterocycles. The van der Waals surface area contributed by atoms with Gasteiger partial charge in [0.15, 0.2) is 5.82 Å². The molecular weight excluding hydrogens is 741 g/mol. The number of halogens is 2. The summed E-state index contributed by atoms with van der Waals surface area (Å²) in [6.07, 6.45) is 15.3. The van der Waals surface area contributed by atoms with Crippen LogP contribution in [0.1, 0.15) is 50.5 Å². The summed E-state index contributed by atoms with van der Waals surface area (Å²) in [5, 5.41) is 17.8. The molecule has 302 valence electrons. The highest BCUT2D eigenvalue weighted by molar-refractivity contribution is 6.18. The fourth-order valence-corrected chi connectivity index (χ4v) is 11.1. The first kappa shape index (κ1) is 36.5. The summed E-state index contributed by atoms with van der Waals surface area (Å²) in [6, 6.07) is 6.81. The molecule has 0 amide bonds. The first-order chi connectivity index (χ1) is 28.1. The molecule has 6 fully saturated rings. The number of benzene rings is 3. The molecule has 6 aliphatic rings. The maximum atomic E-state index is 17.9. The lowest BCUT2D eigenvalue weighted by molar-refractivity contribution is -0.105. The fraction of sp³-hybridized carbons (Fsp3) is 0.533. The molecule has 0 radical (unpaired) electrons. The van der Waals surface area contributed by atoms with Crippen molar-refractivity contribution in [3.8, 4) is 35.2 Å². The zero-order chi connectivity index (χ0) is 39.5. The normalized spacial score (nSPS) is 26.1. The van der Waals surface area contributed by atoms with Crippen LogP contribution in [0.2, 0.25) is 0 Å². The van der Waals surface area contributed by atoms with Gasteiger partial charge in [-0.1, -0.05) is 12.0 Å². The van der Waals surface area contributed by atoms with Gasteiger partial charge in [-0.3, -0.25) is 9.58 Å². The molecule has 5 aromatic rings. The van der Waals surface area contributed by atoms with E-state index in [9.17, 15) is 5.11 Å². The summed E-state index contributed by atoms with van der Waals surface area (Å²) in [6.45, 7) is 7.81. The van der Waals surface area contributed by atoms with Crippen LogP contribution in [0.3, 0.4) is 0 Å². The molecular formula is C45H49F2N7O4. The predicted octanol–water partition coefficient (Wildman–Crippen LogP) is 6.26. The van der Waals surface area contributed by atoms with Crippen LogP contribution in [-0.2, 0) is 16.5 Å². The predicted molar refractivity (Wildman–Crippen MR) is 217 cm³/mol. The Kier molecular flexibility index (Phi) is 8.46. The minimum atomic E-state index is -0.648. The van der Waals surface area contributed by atoms with Crippen molar-refractivity contribution in [2.24, 2.45) is 23.8 Å².